The third-order valence-corrected chi connectivity index (χ3v) is 4.33. The van der Waals surface area contributed by atoms with Gasteiger partial charge < -0.3 is 14.6 Å². The van der Waals surface area contributed by atoms with Crippen molar-refractivity contribution in [2.45, 2.75) is 44.2 Å². The van der Waals surface area contributed by atoms with Gasteiger partial charge >= 0.3 is 0 Å². The molecule has 0 amide bonds. The Bertz CT molecular complexity index is 419. The van der Waals surface area contributed by atoms with E-state index in [0.717, 1.165) is 44.5 Å². The molecule has 3 atom stereocenters. The molecule has 0 spiro atoms. The Morgan fingerprint density at radius 3 is 2.86 bits per heavy atom. The second kappa shape index (κ2) is 7.36. The minimum absolute atomic E-state index is 0.0113. The topological polar surface area (TPSA) is 41.9 Å². The van der Waals surface area contributed by atoms with Gasteiger partial charge in [0.05, 0.1) is 12.2 Å². The fraction of sp³-hybridized carbons (Fsp3) is 0.647. The Hall–Kier alpha value is -0.940. The van der Waals surface area contributed by atoms with Gasteiger partial charge in [0.2, 0.25) is 0 Å². The van der Waals surface area contributed by atoms with Crippen LogP contribution < -0.4 is 0 Å². The van der Waals surface area contributed by atoms with Crippen molar-refractivity contribution in [2.75, 3.05) is 26.2 Å². The van der Waals surface area contributed by atoms with Crippen LogP contribution in [-0.2, 0) is 9.47 Å². The first kappa shape index (κ1) is 15.0. The van der Waals surface area contributed by atoms with Crippen LogP contribution in [0, 0.1) is 0 Å². The molecule has 0 bridgehead atoms. The molecule has 1 unspecified atom stereocenters. The predicted octanol–water partition coefficient (Wildman–Crippen LogP) is 2.34. The summed E-state index contributed by atoms with van der Waals surface area (Å²) in [4.78, 5) is 2.28. The minimum Gasteiger partial charge on any atom is -0.387 e. The Morgan fingerprint density at radius 2 is 2.10 bits per heavy atom. The summed E-state index contributed by atoms with van der Waals surface area (Å²) in [6, 6.07) is 9.86. The summed E-state index contributed by atoms with van der Waals surface area (Å²) in [5.41, 5.74) is 0.984. The number of ether oxygens (including phenoxy) is 2. The van der Waals surface area contributed by atoms with Gasteiger partial charge in [0.15, 0.2) is 6.29 Å². The zero-order valence-electron chi connectivity index (χ0n) is 12.5. The number of aliphatic hydroxyl groups excluding tert-OH is 1. The Morgan fingerprint density at radius 1 is 1.24 bits per heavy atom. The summed E-state index contributed by atoms with van der Waals surface area (Å²) in [6.07, 6.45) is 4.22. The van der Waals surface area contributed by atoms with Gasteiger partial charge in [-0.05, 0) is 31.2 Å². The lowest BCUT2D eigenvalue weighted by Gasteiger charge is -2.26. The van der Waals surface area contributed by atoms with Crippen LogP contribution in [0.5, 0.6) is 0 Å². The fourth-order valence-electron chi connectivity index (χ4n) is 3.13. The molecule has 21 heavy (non-hydrogen) atoms. The summed E-state index contributed by atoms with van der Waals surface area (Å²) >= 11 is 0. The quantitative estimate of drug-likeness (QED) is 0.904. The normalized spacial score (nSPS) is 28.6. The van der Waals surface area contributed by atoms with Crippen LogP contribution in [0.2, 0.25) is 0 Å². The monoisotopic (exact) mass is 291 g/mol. The van der Waals surface area contributed by atoms with Crippen LogP contribution in [0.1, 0.15) is 37.4 Å². The minimum atomic E-state index is -0.420. The van der Waals surface area contributed by atoms with Crippen LogP contribution in [0.25, 0.3) is 0 Å². The van der Waals surface area contributed by atoms with E-state index in [-0.39, 0.29) is 12.4 Å². The van der Waals surface area contributed by atoms with Crippen molar-refractivity contribution >= 4 is 0 Å². The second-order valence-corrected chi connectivity index (χ2v) is 6.03. The van der Waals surface area contributed by atoms with E-state index in [2.05, 4.69) is 4.90 Å². The SMILES string of the molecule is O[C@H](CN1CC[C@H](OC2CCCCO2)C1)c1ccccc1. The molecule has 4 nitrogen and oxygen atoms in total. The predicted molar refractivity (Wildman–Crippen MR) is 80.9 cm³/mol. The van der Waals surface area contributed by atoms with E-state index in [4.69, 9.17) is 9.47 Å². The molecule has 2 saturated heterocycles. The zero-order valence-corrected chi connectivity index (χ0v) is 12.5. The van der Waals surface area contributed by atoms with Crippen molar-refractivity contribution in [1.82, 2.24) is 4.90 Å². The van der Waals surface area contributed by atoms with Crippen LogP contribution in [0.3, 0.4) is 0 Å². The largest absolute Gasteiger partial charge is 0.387 e. The molecule has 2 aliphatic heterocycles. The Kier molecular flexibility index (Phi) is 5.25. The highest BCUT2D eigenvalue weighted by Gasteiger charge is 2.28. The standard InChI is InChI=1S/C17H25NO3/c19-16(14-6-2-1-3-7-14)13-18-10-9-15(12-18)21-17-8-4-5-11-20-17/h1-3,6-7,15-17,19H,4-5,8-13H2/t15-,16+,17?/m0/s1. The number of β-amino-alcohol motifs (C(OH)–C–C–N with tert-alkyl or cyclic N) is 1. The Labute approximate surface area is 126 Å². The number of likely N-dealkylation sites (tertiary alicyclic amines) is 1. The van der Waals surface area contributed by atoms with E-state index < -0.39 is 6.10 Å². The third kappa shape index (κ3) is 4.27. The highest BCUT2D eigenvalue weighted by atomic mass is 16.7. The molecule has 116 valence electrons. The lowest BCUT2D eigenvalue weighted by Crippen LogP contribution is -2.31. The molecule has 4 heteroatoms. The molecule has 2 aliphatic rings. The van der Waals surface area contributed by atoms with E-state index in [1.165, 1.54) is 6.42 Å². The lowest BCUT2D eigenvalue weighted by molar-refractivity contribution is -0.185. The summed E-state index contributed by atoms with van der Waals surface area (Å²) < 4.78 is 11.7. The van der Waals surface area contributed by atoms with Crippen LogP contribution >= 0.6 is 0 Å². The van der Waals surface area contributed by atoms with Gasteiger partial charge in [-0.1, -0.05) is 30.3 Å². The van der Waals surface area contributed by atoms with E-state index in [1.54, 1.807) is 0 Å². The molecular weight excluding hydrogens is 266 g/mol. The molecule has 1 aromatic rings. The maximum atomic E-state index is 10.3. The summed E-state index contributed by atoms with van der Waals surface area (Å²) in [5, 5.41) is 10.3. The van der Waals surface area contributed by atoms with Gasteiger partial charge in [-0.2, -0.15) is 0 Å². The molecule has 0 radical (unpaired) electrons. The van der Waals surface area contributed by atoms with Crippen molar-refractivity contribution < 1.29 is 14.6 Å². The first-order valence-electron chi connectivity index (χ1n) is 8.04. The molecule has 1 N–H and O–H groups in total. The molecule has 1 aromatic carbocycles. The van der Waals surface area contributed by atoms with Gasteiger partial charge in [0, 0.05) is 26.2 Å². The highest BCUT2D eigenvalue weighted by molar-refractivity contribution is 5.17. The van der Waals surface area contributed by atoms with E-state index >= 15 is 0 Å². The third-order valence-electron chi connectivity index (χ3n) is 4.33. The smallest absolute Gasteiger partial charge is 0.158 e. The van der Waals surface area contributed by atoms with Crippen molar-refractivity contribution in [3.8, 4) is 0 Å². The molecule has 0 aliphatic carbocycles. The Balaban J connectivity index is 1.44. The number of hydrogen-bond acceptors (Lipinski definition) is 4. The van der Waals surface area contributed by atoms with Crippen molar-refractivity contribution in [3.63, 3.8) is 0 Å². The average molecular weight is 291 g/mol. The number of aliphatic hydroxyl groups is 1. The van der Waals surface area contributed by atoms with E-state index in [9.17, 15) is 5.11 Å². The van der Waals surface area contributed by atoms with Gasteiger partial charge in [0.1, 0.15) is 0 Å². The number of nitrogens with zero attached hydrogens (tertiary/aromatic N) is 1. The first-order valence-corrected chi connectivity index (χ1v) is 8.04. The summed E-state index contributed by atoms with van der Waals surface area (Å²) in [5.74, 6) is 0. The van der Waals surface area contributed by atoms with Gasteiger partial charge in [-0.3, -0.25) is 4.90 Å². The van der Waals surface area contributed by atoms with Gasteiger partial charge in [-0.25, -0.2) is 0 Å². The van der Waals surface area contributed by atoms with Crippen molar-refractivity contribution in [2.24, 2.45) is 0 Å². The number of rotatable bonds is 5. The van der Waals surface area contributed by atoms with Gasteiger partial charge in [0.25, 0.3) is 0 Å². The molecule has 0 aromatic heterocycles. The van der Waals surface area contributed by atoms with Crippen LogP contribution in [0.4, 0.5) is 0 Å². The average Bonchev–Trinajstić information content (AvgIpc) is 2.96. The summed E-state index contributed by atoms with van der Waals surface area (Å²) in [6.45, 7) is 3.38. The number of hydrogen-bond donors (Lipinski definition) is 1. The maximum Gasteiger partial charge on any atom is 0.158 e. The summed E-state index contributed by atoms with van der Waals surface area (Å²) in [7, 11) is 0. The molecule has 2 heterocycles. The van der Waals surface area contributed by atoms with Crippen molar-refractivity contribution in [1.29, 1.82) is 0 Å². The lowest BCUT2D eigenvalue weighted by atomic mass is 10.1. The molecular formula is C17H25NO3. The number of benzene rings is 1. The first-order chi connectivity index (χ1) is 10.3. The van der Waals surface area contributed by atoms with Crippen LogP contribution in [-0.4, -0.2) is 48.6 Å². The second-order valence-electron chi connectivity index (χ2n) is 6.03. The van der Waals surface area contributed by atoms with E-state index in [1.807, 2.05) is 30.3 Å². The van der Waals surface area contributed by atoms with Crippen LogP contribution in [0.15, 0.2) is 30.3 Å². The highest BCUT2D eigenvalue weighted by Crippen LogP contribution is 2.22. The maximum absolute atomic E-state index is 10.3. The molecule has 2 fully saturated rings. The molecule has 0 saturated carbocycles. The zero-order chi connectivity index (χ0) is 14.5. The van der Waals surface area contributed by atoms with E-state index in [0.29, 0.717) is 6.54 Å². The van der Waals surface area contributed by atoms with Crippen molar-refractivity contribution in [3.05, 3.63) is 35.9 Å². The van der Waals surface area contributed by atoms with Gasteiger partial charge in [-0.15, -0.1) is 0 Å². The fourth-order valence-corrected chi connectivity index (χ4v) is 3.13. The molecule has 3 rings (SSSR count).